The minimum absolute atomic E-state index is 0.0864. The van der Waals surface area contributed by atoms with Gasteiger partial charge in [-0.2, -0.15) is 0 Å². The highest BCUT2D eigenvalue weighted by Gasteiger charge is 2.14. The summed E-state index contributed by atoms with van der Waals surface area (Å²) < 4.78 is 0. The van der Waals surface area contributed by atoms with Gasteiger partial charge in [0.15, 0.2) is 0 Å². The molecule has 3 heteroatoms. The van der Waals surface area contributed by atoms with E-state index in [1.165, 1.54) is 4.88 Å². The molecule has 0 N–H and O–H groups in total. The third kappa shape index (κ3) is 2.17. The first-order valence-corrected chi connectivity index (χ1v) is 7.08. The van der Waals surface area contributed by atoms with E-state index in [0.717, 1.165) is 27.8 Å². The maximum Gasteiger partial charge on any atom is 0.203 e. The molecule has 0 spiro atoms. The van der Waals surface area contributed by atoms with E-state index in [0.29, 0.717) is 0 Å². The monoisotopic (exact) mass is 267 g/mol. The quantitative estimate of drug-likeness (QED) is 0.669. The van der Waals surface area contributed by atoms with Crippen molar-refractivity contribution < 1.29 is 4.79 Å². The van der Waals surface area contributed by atoms with Crippen LogP contribution in [0.15, 0.2) is 48.7 Å². The maximum absolute atomic E-state index is 12.6. The number of thiophene rings is 1. The topological polar surface area (TPSA) is 30.0 Å². The minimum atomic E-state index is 0.0864. The summed E-state index contributed by atoms with van der Waals surface area (Å²) in [5.41, 5.74) is 1.59. The maximum atomic E-state index is 12.6. The summed E-state index contributed by atoms with van der Waals surface area (Å²) >= 11 is 1.57. The van der Waals surface area contributed by atoms with Crippen molar-refractivity contribution in [2.45, 2.75) is 13.3 Å². The fourth-order valence-electron chi connectivity index (χ4n) is 2.12. The summed E-state index contributed by atoms with van der Waals surface area (Å²) in [4.78, 5) is 18.9. The predicted octanol–water partition coefficient (Wildman–Crippen LogP) is 4.09. The van der Waals surface area contributed by atoms with Crippen molar-refractivity contribution in [3.63, 3.8) is 0 Å². The molecule has 1 aromatic carbocycles. The van der Waals surface area contributed by atoms with Crippen molar-refractivity contribution in [2.75, 3.05) is 0 Å². The van der Waals surface area contributed by atoms with Crippen LogP contribution in [0.1, 0.15) is 27.0 Å². The second-order valence-electron chi connectivity index (χ2n) is 4.32. The van der Waals surface area contributed by atoms with Gasteiger partial charge in [0.1, 0.15) is 0 Å². The molecule has 0 aliphatic heterocycles. The SMILES string of the molecule is CCc1ccc(C(=O)c2cccc3ncccc23)s1. The van der Waals surface area contributed by atoms with Crippen molar-refractivity contribution >= 4 is 28.0 Å². The van der Waals surface area contributed by atoms with Gasteiger partial charge in [-0.25, -0.2) is 0 Å². The molecule has 94 valence electrons. The number of carbonyl (C=O) groups excluding carboxylic acids is 1. The molecule has 0 radical (unpaired) electrons. The zero-order valence-corrected chi connectivity index (χ0v) is 11.4. The van der Waals surface area contributed by atoms with Crippen LogP contribution in [-0.4, -0.2) is 10.8 Å². The Morgan fingerprint density at radius 3 is 2.84 bits per heavy atom. The van der Waals surface area contributed by atoms with E-state index in [1.807, 2.05) is 42.5 Å². The van der Waals surface area contributed by atoms with E-state index < -0.39 is 0 Å². The van der Waals surface area contributed by atoms with Gasteiger partial charge >= 0.3 is 0 Å². The Morgan fingerprint density at radius 2 is 2.05 bits per heavy atom. The third-order valence-corrected chi connectivity index (χ3v) is 4.35. The molecule has 0 saturated heterocycles. The predicted molar refractivity (Wildman–Crippen MR) is 78.9 cm³/mol. The lowest BCUT2D eigenvalue weighted by atomic mass is 10.0. The van der Waals surface area contributed by atoms with Gasteiger partial charge in [-0.15, -0.1) is 11.3 Å². The zero-order valence-electron chi connectivity index (χ0n) is 10.6. The Morgan fingerprint density at radius 1 is 1.16 bits per heavy atom. The second-order valence-corrected chi connectivity index (χ2v) is 5.49. The van der Waals surface area contributed by atoms with Crippen LogP contribution in [0.25, 0.3) is 10.9 Å². The van der Waals surface area contributed by atoms with E-state index in [2.05, 4.69) is 11.9 Å². The molecule has 0 unspecified atom stereocenters. The number of hydrogen-bond acceptors (Lipinski definition) is 3. The van der Waals surface area contributed by atoms with Gasteiger partial charge in [0.05, 0.1) is 10.4 Å². The molecule has 0 aliphatic carbocycles. The van der Waals surface area contributed by atoms with Crippen LogP contribution in [0.4, 0.5) is 0 Å². The number of aromatic nitrogens is 1. The molecular formula is C16H13NOS. The van der Waals surface area contributed by atoms with Gasteiger partial charge in [0.25, 0.3) is 0 Å². The van der Waals surface area contributed by atoms with Crippen molar-refractivity contribution in [1.29, 1.82) is 0 Å². The smallest absolute Gasteiger partial charge is 0.203 e. The highest BCUT2D eigenvalue weighted by Crippen LogP contribution is 2.24. The molecule has 0 saturated carbocycles. The largest absolute Gasteiger partial charge is 0.288 e. The Bertz CT molecular complexity index is 740. The number of aryl methyl sites for hydroxylation is 1. The third-order valence-electron chi connectivity index (χ3n) is 3.12. The van der Waals surface area contributed by atoms with E-state index in [-0.39, 0.29) is 5.78 Å². The number of hydrogen-bond donors (Lipinski definition) is 0. The lowest BCUT2D eigenvalue weighted by Gasteiger charge is -2.03. The lowest BCUT2D eigenvalue weighted by molar-refractivity contribution is 0.104. The van der Waals surface area contributed by atoms with Crippen molar-refractivity contribution in [3.8, 4) is 0 Å². The Kier molecular flexibility index (Phi) is 3.13. The summed E-state index contributed by atoms with van der Waals surface area (Å²) in [5, 5.41) is 0.918. The molecule has 0 fully saturated rings. The van der Waals surface area contributed by atoms with Crippen LogP contribution in [0.5, 0.6) is 0 Å². The minimum Gasteiger partial charge on any atom is -0.288 e. The van der Waals surface area contributed by atoms with Crippen LogP contribution >= 0.6 is 11.3 Å². The van der Waals surface area contributed by atoms with E-state index in [9.17, 15) is 4.79 Å². The van der Waals surface area contributed by atoms with Gasteiger partial charge in [-0.3, -0.25) is 9.78 Å². The first-order valence-electron chi connectivity index (χ1n) is 6.26. The fraction of sp³-hybridized carbons (Fsp3) is 0.125. The average molecular weight is 267 g/mol. The molecule has 0 bridgehead atoms. The van der Waals surface area contributed by atoms with Gasteiger partial charge in [-0.05, 0) is 30.7 Å². The number of benzene rings is 1. The number of nitrogens with zero attached hydrogens (tertiary/aromatic N) is 1. The summed E-state index contributed by atoms with van der Waals surface area (Å²) in [6.07, 6.45) is 2.71. The Hall–Kier alpha value is -2.00. The molecule has 0 aliphatic rings. The van der Waals surface area contributed by atoms with Crippen molar-refractivity contribution in [2.24, 2.45) is 0 Å². The normalized spacial score (nSPS) is 10.8. The first kappa shape index (κ1) is 12.1. The average Bonchev–Trinajstić information content (AvgIpc) is 2.95. The molecule has 3 aromatic rings. The molecule has 2 heterocycles. The van der Waals surface area contributed by atoms with Crippen LogP contribution < -0.4 is 0 Å². The molecular weight excluding hydrogens is 254 g/mol. The second kappa shape index (κ2) is 4.94. The Balaban J connectivity index is 2.11. The van der Waals surface area contributed by atoms with Crippen LogP contribution in [0.2, 0.25) is 0 Å². The van der Waals surface area contributed by atoms with E-state index in [4.69, 9.17) is 0 Å². The zero-order chi connectivity index (χ0) is 13.2. The van der Waals surface area contributed by atoms with Crippen molar-refractivity contribution in [1.82, 2.24) is 4.98 Å². The molecule has 2 nitrogen and oxygen atoms in total. The first-order chi connectivity index (χ1) is 9.29. The van der Waals surface area contributed by atoms with Crippen LogP contribution in [-0.2, 0) is 6.42 Å². The van der Waals surface area contributed by atoms with E-state index >= 15 is 0 Å². The Labute approximate surface area is 115 Å². The lowest BCUT2D eigenvalue weighted by Crippen LogP contribution is -1.99. The standard InChI is InChI=1S/C16H13NOS/c1-2-11-8-9-15(19-11)16(18)13-5-3-7-14-12(13)6-4-10-17-14/h3-10H,2H2,1H3. The van der Waals surface area contributed by atoms with Gasteiger partial charge in [0.2, 0.25) is 5.78 Å². The molecule has 19 heavy (non-hydrogen) atoms. The number of fused-ring (bicyclic) bond motifs is 1. The molecule has 2 aromatic heterocycles. The summed E-state index contributed by atoms with van der Waals surface area (Å²) in [6.45, 7) is 2.10. The summed E-state index contributed by atoms with van der Waals surface area (Å²) in [7, 11) is 0. The van der Waals surface area contributed by atoms with Crippen LogP contribution in [0, 0.1) is 0 Å². The van der Waals surface area contributed by atoms with Crippen LogP contribution in [0.3, 0.4) is 0 Å². The number of pyridine rings is 1. The van der Waals surface area contributed by atoms with Gasteiger partial charge < -0.3 is 0 Å². The highest BCUT2D eigenvalue weighted by atomic mass is 32.1. The van der Waals surface area contributed by atoms with Crippen molar-refractivity contribution in [3.05, 3.63) is 64.0 Å². The summed E-state index contributed by atoms with van der Waals surface area (Å²) in [6, 6.07) is 13.4. The fourth-order valence-corrected chi connectivity index (χ4v) is 3.03. The highest BCUT2D eigenvalue weighted by molar-refractivity contribution is 7.14. The van der Waals surface area contributed by atoms with E-state index in [1.54, 1.807) is 17.5 Å². The molecule has 0 atom stereocenters. The number of ketones is 1. The van der Waals surface area contributed by atoms with Gasteiger partial charge in [-0.1, -0.05) is 25.1 Å². The number of carbonyl (C=O) groups is 1. The van der Waals surface area contributed by atoms with Gasteiger partial charge in [0, 0.05) is 22.0 Å². The summed E-state index contributed by atoms with van der Waals surface area (Å²) in [5.74, 6) is 0.0864. The number of rotatable bonds is 3. The molecule has 3 rings (SSSR count). The molecule has 0 amide bonds.